The third kappa shape index (κ3) is 1.82. The van der Waals surface area contributed by atoms with E-state index in [2.05, 4.69) is 4.99 Å². The van der Waals surface area contributed by atoms with Crippen LogP contribution in [-0.2, 0) is 9.53 Å². The number of hydrogen-bond donors (Lipinski definition) is 0. The Morgan fingerprint density at radius 3 is 2.41 bits per heavy atom. The molecule has 6 rings (SSSR count). The van der Waals surface area contributed by atoms with E-state index in [9.17, 15) is 4.79 Å². The van der Waals surface area contributed by atoms with E-state index < -0.39 is 0 Å². The summed E-state index contributed by atoms with van der Waals surface area (Å²) in [5.41, 5.74) is 0.407. The minimum atomic E-state index is -0.331. The van der Waals surface area contributed by atoms with Crippen molar-refractivity contribution in [3.05, 3.63) is 29.9 Å². The lowest BCUT2D eigenvalue weighted by atomic mass is 9.49. The maximum absolute atomic E-state index is 12.2. The maximum Gasteiger partial charge on any atom is 0.363 e. The number of furan rings is 1. The topological polar surface area (TPSA) is 51.8 Å². The van der Waals surface area contributed by atoms with Gasteiger partial charge in [0.15, 0.2) is 5.70 Å². The molecule has 4 fully saturated rings. The molecule has 5 aliphatic rings. The summed E-state index contributed by atoms with van der Waals surface area (Å²) in [6.07, 6.45) is 10.8. The van der Waals surface area contributed by atoms with Gasteiger partial charge in [-0.25, -0.2) is 9.79 Å². The molecule has 4 heteroatoms. The number of carbonyl (C=O) groups excluding carboxylic acids is 1. The Morgan fingerprint density at radius 2 is 1.82 bits per heavy atom. The standard InChI is InChI=1S/C18H19NO3/c20-16-15(7-14-2-1-3-21-14)19-17(22-16)18-8-11-4-12(9-18)6-13(5-11)10-18/h1-3,7,11-13H,4-6,8-10H2/b15-7-. The van der Waals surface area contributed by atoms with Crippen LogP contribution in [0.15, 0.2) is 33.5 Å². The quantitative estimate of drug-likeness (QED) is 0.616. The number of ether oxygens (including phenoxy) is 1. The molecule has 1 aliphatic heterocycles. The van der Waals surface area contributed by atoms with E-state index in [1.807, 2.05) is 6.07 Å². The van der Waals surface area contributed by atoms with Crippen molar-refractivity contribution in [1.29, 1.82) is 0 Å². The van der Waals surface area contributed by atoms with Crippen molar-refractivity contribution in [2.45, 2.75) is 38.5 Å². The van der Waals surface area contributed by atoms with E-state index in [0.29, 0.717) is 17.4 Å². The van der Waals surface area contributed by atoms with E-state index in [4.69, 9.17) is 9.15 Å². The largest absolute Gasteiger partial charge is 0.465 e. The zero-order valence-corrected chi connectivity index (χ0v) is 12.5. The van der Waals surface area contributed by atoms with Gasteiger partial charge in [0, 0.05) is 11.5 Å². The van der Waals surface area contributed by atoms with E-state index >= 15 is 0 Å². The third-order valence-corrected chi connectivity index (χ3v) is 5.93. The monoisotopic (exact) mass is 297 g/mol. The first-order valence-electron chi connectivity index (χ1n) is 8.27. The second-order valence-corrected chi connectivity index (χ2v) is 7.55. The molecule has 4 bridgehead atoms. The van der Waals surface area contributed by atoms with Crippen LogP contribution in [0.2, 0.25) is 0 Å². The SMILES string of the molecule is O=C1OC(C23CC4CC(CC(C4)C2)C3)=N/C1=C\c1ccco1. The Labute approximate surface area is 129 Å². The summed E-state index contributed by atoms with van der Waals surface area (Å²) < 4.78 is 10.9. The van der Waals surface area contributed by atoms with Gasteiger partial charge in [0.2, 0.25) is 5.90 Å². The lowest BCUT2D eigenvalue weighted by Crippen LogP contribution is -2.50. The average molecular weight is 297 g/mol. The van der Waals surface area contributed by atoms with Crippen molar-refractivity contribution in [2.75, 3.05) is 0 Å². The molecular formula is C18H19NO3. The van der Waals surface area contributed by atoms with Gasteiger partial charge in [-0.1, -0.05) is 0 Å². The summed E-state index contributed by atoms with van der Waals surface area (Å²) >= 11 is 0. The van der Waals surface area contributed by atoms with Crippen molar-refractivity contribution in [3.63, 3.8) is 0 Å². The zero-order chi connectivity index (χ0) is 14.7. The van der Waals surface area contributed by atoms with Gasteiger partial charge in [-0.15, -0.1) is 0 Å². The normalized spacial score (nSPS) is 41.1. The molecule has 0 atom stereocenters. The fourth-order valence-electron chi connectivity index (χ4n) is 5.52. The molecule has 114 valence electrons. The van der Waals surface area contributed by atoms with Gasteiger partial charge in [0.25, 0.3) is 0 Å². The summed E-state index contributed by atoms with van der Waals surface area (Å²) in [7, 11) is 0. The number of nitrogens with zero attached hydrogens (tertiary/aromatic N) is 1. The van der Waals surface area contributed by atoms with E-state index in [1.54, 1.807) is 18.4 Å². The Hall–Kier alpha value is -1.84. The van der Waals surface area contributed by atoms with Crippen LogP contribution < -0.4 is 0 Å². The molecule has 1 aromatic rings. The Kier molecular flexibility index (Phi) is 2.50. The molecule has 0 amide bonds. The van der Waals surface area contributed by atoms with E-state index in [1.165, 1.54) is 19.3 Å². The molecule has 0 spiro atoms. The van der Waals surface area contributed by atoms with Gasteiger partial charge < -0.3 is 9.15 Å². The number of cyclic esters (lactones) is 1. The minimum absolute atomic E-state index is 0.0309. The zero-order valence-electron chi connectivity index (χ0n) is 12.5. The van der Waals surface area contributed by atoms with Crippen molar-refractivity contribution >= 4 is 17.9 Å². The predicted molar refractivity (Wildman–Crippen MR) is 80.8 cm³/mol. The van der Waals surface area contributed by atoms with Crippen molar-refractivity contribution in [3.8, 4) is 0 Å². The van der Waals surface area contributed by atoms with Crippen molar-refractivity contribution < 1.29 is 13.9 Å². The molecule has 1 aromatic heterocycles. The molecule has 0 unspecified atom stereocenters. The summed E-state index contributed by atoms with van der Waals surface area (Å²) in [6, 6.07) is 3.62. The third-order valence-electron chi connectivity index (χ3n) is 5.93. The van der Waals surface area contributed by atoms with Crippen LogP contribution in [0.25, 0.3) is 6.08 Å². The Bertz CT molecular complexity index is 648. The number of aliphatic imine (C=N–C) groups is 1. The fraction of sp³-hybridized carbons (Fsp3) is 0.556. The Morgan fingerprint density at radius 1 is 1.14 bits per heavy atom. The molecule has 0 radical (unpaired) electrons. The summed E-state index contributed by atoms with van der Waals surface area (Å²) in [5.74, 6) is 3.43. The van der Waals surface area contributed by atoms with Crippen LogP contribution in [0.4, 0.5) is 0 Å². The number of esters is 1. The van der Waals surface area contributed by atoms with Crippen LogP contribution in [-0.4, -0.2) is 11.9 Å². The highest BCUT2D eigenvalue weighted by Crippen LogP contribution is 2.61. The van der Waals surface area contributed by atoms with Gasteiger partial charge >= 0.3 is 5.97 Å². The summed E-state index contributed by atoms with van der Waals surface area (Å²) in [4.78, 5) is 16.7. The molecule has 0 saturated heterocycles. The highest BCUT2D eigenvalue weighted by Gasteiger charge is 2.55. The first-order chi connectivity index (χ1) is 10.7. The molecular weight excluding hydrogens is 278 g/mol. The summed E-state index contributed by atoms with van der Waals surface area (Å²) in [5, 5.41) is 0. The van der Waals surface area contributed by atoms with Gasteiger partial charge in [0.05, 0.1) is 6.26 Å². The molecule has 4 aliphatic carbocycles. The summed E-state index contributed by atoms with van der Waals surface area (Å²) in [6.45, 7) is 0. The smallest absolute Gasteiger partial charge is 0.363 e. The molecule has 4 nitrogen and oxygen atoms in total. The second-order valence-electron chi connectivity index (χ2n) is 7.55. The fourth-order valence-corrected chi connectivity index (χ4v) is 5.52. The van der Waals surface area contributed by atoms with Crippen LogP contribution in [0.1, 0.15) is 44.3 Å². The van der Waals surface area contributed by atoms with Gasteiger partial charge in [-0.2, -0.15) is 0 Å². The molecule has 0 aromatic carbocycles. The van der Waals surface area contributed by atoms with Gasteiger partial charge in [-0.3, -0.25) is 0 Å². The lowest BCUT2D eigenvalue weighted by molar-refractivity contribution is -0.131. The predicted octanol–water partition coefficient (Wildman–Crippen LogP) is 3.79. The van der Waals surface area contributed by atoms with E-state index in [-0.39, 0.29) is 11.4 Å². The van der Waals surface area contributed by atoms with E-state index in [0.717, 1.165) is 37.0 Å². The number of carbonyl (C=O) groups is 1. The molecule has 22 heavy (non-hydrogen) atoms. The first-order valence-corrected chi connectivity index (χ1v) is 8.27. The van der Waals surface area contributed by atoms with Crippen LogP contribution in [0.5, 0.6) is 0 Å². The average Bonchev–Trinajstić information content (AvgIpc) is 3.09. The maximum atomic E-state index is 12.2. The number of rotatable bonds is 2. The van der Waals surface area contributed by atoms with Crippen molar-refractivity contribution in [1.82, 2.24) is 0 Å². The minimum Gasteiger partial charge on any atom is -0.465 e. The highest BCUT2D eigenvalue weighted by molar-refractivity contribution is 6.08. The van der Waals surface area contributed by atoms with Crippen LogP contribution >= 0.6 is 0 Å². The van der Waals surface area contributed by atoms with Crippen molar-refractivity contribution in [2.24, 2.45) is 28.2 Å². The number of hydrogen-bond acceptors (Lipinski definition) is 4. The highest BCUT2D eigenvalue weighted by atomic mass is 16.6. The van der Waals surface area contributed by atoms with Gasteiger partial charge in [-0.05, 0) is 68.4 Å². The second kappa shape index (κ2) is 4.34. The first kappa shape index (κ1) is 12.7. The lowest BCUT2D eigenvalue weighted by Gasteiger charge is -2.55. The van der Waals surface area contributed by atoms with Gasteiger partial charge in [0.1, 0.15) is 5.76 Å². The Balaban J connectivity index is 1.50. The molecule has 4 saturated carbocycles. The van der Waals surface area contributed by atoms with Crippen LogP contribution in [0.3, 0.4) is 0 Å². The molecule has 2 heterocycles. The molecule has 0 N–H and O–H groups in total. The van der Waals surface area contributed by atoms with Crippen LogP contribution in [0, 0.1) is 23.2 Å².